The predicted octanol–water partition coefficient (Wildman–Crippen LogP) is 2.96. The van der Waals surface area contributed by atoms with Gasteiger partial charge in [0.15, 0.2) is 0 Å². The third-order valence-electron chi connectivity index (χ3n) is 6.28. The highest BCUT2D eigenvalue weighted by atomic mass is 16.5. The molecule has 1 unspecified atom stereocenters. The van der Waals surface area contributed by atoms with Crippen LogP contribution in [0.5, 0.6) is 5.75 Å². The van der Waals surface area contributed by atoms with Crippen LogP contribution in [0.2, 0.25) is 0 Å². The summed E-state index contributed by atoms with van der Waals surface area (Å²) >= 11 is 0. The second kappa shape index (κ2) is 6.75. The van der Waals surface area contributed by atoms with Gasteiger partial charge in [0.1, 0.15) is 5.75 Å². The van der Waals surface area contributed by atoms with E-state index in [1.807, 2.05) is 12.1 Å². The zero-order chi connectivity index (χ0) is 16.5. The Kier molecular flexibility index (Phi) is 4.49. The van der Waals surface area contributed by atoms with Crippen LogP contribution in [-0.4, -0.2) is 36.5 Å². The SMILES string of the molecule is COc1ccc(CNC2C[C@H]3CCCC(=O)N4CC[C@@H](C2)[C@@H]34)cc1. The summed E-state index contributed by atoms with van der Waals surface area (Å²) in [7, 11) is 1.70. The van der Waals surface area contributed by atoms with E-state index in [0.717, 1.165) is 31.7 Å². The quantitative estimate of drug-likeness (QED) is 0.924. The van der Waals surface area contributed by atoms with Crippen molar-refractivity contribution in [2.24, 2.45) is 11.8 Å². The predicted molar refractivity (Wildman–Crippen MR) is 93.8 cm³/mol. The van der Waals surface area contributed by atoms with E-state index in [1.165, 1.54) is 31.2 Å². The molecular formula is C20H28N2O2. The molecule has 1 amide bonds. The first-order valence-electron chi connectivity index (χ1n) is 9.40. The first-order chi connectivity index (χ1) is 11.7. The van der Waals surface area contributed by atoms with Crippen molar-refractivity contribution in [3.05, 3.63) is 29.8 Å². The van der Waals surface area contributed by atoms with Gasteiger partial charge in [0.25, 0.3) is 0 Å². The van der Waals surface area contributed by atoms with Gasteiger partial charge in [-0.1, -0.05) is 12.1 Å². The lowest BCUT2D eigenvalue weighted by Crippen LogP contribution is -2.48. The summed E-state index contributed by atoms with van der Waals surface area (Å²) in [6.07, 6.45) is 6.72. The number of rotatable bonds is 4. The van der Waals surface area contributed by atoms with E-state index in [0.29, 0.717) is 29.8 Å². The van der Waals surface area contributed by atoms with Gasteiger partial charge in [-0.3, -0.25) is 4.79 Å². The van der Waals surface area contributed by atoms with Crippen molar-refractivity contribution >= 4 is 5.91 Å². The summed E-state index contributed by atoms with van der Waals surface area (Å²) in [5.41, 5.74) is 1.31. The van der Waals surface area contributed by atoms with E-state index < -0.39 is 0 Å². The minimum absolute atomic E-state index is 0.412. The Balaban J connectivity index is 1.38. The fourth-order valence-corrected chi connectivity index (χ4v) is 5.15. The van der Waals surface area contributed by atoms with Gasteiger partial charge in [0.2, 0.25) is 5.91 Å². The van der Waals surface area contributed by atoms with Crippen molar-refractivity contribution in [2.45, 2.75) is 57.2 Å². The van der Waals surface area contributed by atoms with E-state index in [4.69, 9.17) is 4.74 Å². The molecule has 0 aromatic heterocycles. The second-order valence-corrected chi connectivity index (χ2v) is 7.68. The summed E-state index contributed by atoms with van der Waals surface area (Å²) in [4.78, 5) is 14.5. The Bertz CT molecular complexity index is 586. The van der Waals surface area contributed by atoms with Gasteiger partial charge >= 0.3 is 0 Å². The smallest absolute Gasteiger partial charge is 0.222 e. The number of nitrogens with zero attached hydrogens (tertiary/aromatic N) is 1. The number of benzene rings is 1. The summed E-state index contributed by atoms with van der Waals surface area (Å²) in [5, 5.41) is 3.78. The molecule has 0 bridgehead atoms. The highest BCUT2D eigenvalue weighted by molar-refractivity contribution is 5.77. The van der Waals surface area contributed by atoms with Crippen LogP contribution in [0, 0.1) is 11.8 Å². The van der Waals surface area contributed by atoms with Crippen molar-refractivity contribution in [3.63, 3.8) is 0 Å². The number of hydrogen-bond acceptors (Lipinski definition) is 3. The average Bonchev–Trinajstić information content (AvgIpc) is 2.97. The van der Waals surface area contributed by atoms with Gasteiger partial charge in [-0.05, 0) is 61.6 Å². The van der Waals surface area contributed by atoms with Crippen LogP contribution in [-0.2, 0) is 11.3 Å². The summed E-state index contributed by atoms with van der Waals surface area (Å²) in [5.74, 6) is 2.73. The average molecular weight is 328 g/mol. The van der Waals surface area contributed by atoms with E-state index in [-0.39, 0.29) is 0 Å². The lowest BCUT2D eigenvalue weighted by atomic mass is 9.73. The molecule has 1 saturated carbocycles. The van der Waals surface area contributed by atoms with E-state index in [9.17, 15) is 4.79 Å². The molecule has 1 aromatic rings. The fourth-order valence-electron chi connectivity index (χ4n) is 5.15. The lowest BCUT2D eigenvalue weighted by Gasteiger charge is -2.41. The second-order valence-electron chi connectivity index (χ2n) is 7.68. The summed E-state index contributed by atoms with van der Waals surface area (Å²) < 4.78 is 5.22. The number of ether oxygens (including phenoxy) is 1. The Morgan fingerprint density at radius 1 is 1.17 bits per heavy atom. The molecule has 2 aliphatic heterocycles. The van der Waals surface area contributed by atoms with Crippen LogP contribution in [0.4, 0.5) is 0 Å². The Labute approximate surface area is 144 Å². The molecule has 4 rings (SSSR count). The first kappa shape index (κ1) is 15.9. The number of amides is 1. The Morgan fingerprint density at radius 2 is 1.92 bits per heavy atom. The summed E-state index contributed by atoms with van der Waals surface area (Å²) in [6.45, 7) is 1.91. The van der Waals surface area contributed by atoms with Crippen molar-refractivity contribution in [3.8, 4) is 5.75 Å². The van der Waals surface area contributed by atoms with Gasteiger partial charge < -0.3 is 15.0 Å². The van der Waals surface area contributed by atoms with Crippen LogP contribution in [0.3, 0.4) is 0 Å². The largest absolute Gasteiger partial charge is 0.497 e. The van der Waals surface area contributed by atoms with Crippen molar-refractivity contribution < 1.29 is 9.53 Å². The molecule has 0 spiro atoms. The molecule has 3 fully saturated rings. The molecule has 1 aromatic carbocycles. The molecule has 1 aliphatic carbocycles. The third-order valence-corrected chi connectivity index (χ3v) is 6.28. The van der Waals surface area contributed by atoms with Gasteiger partial charge in [-0.15, -0.1) is 0 Å². The Morgan fingerprint density at radius 3 is 2.67 bits per heavy atom. The van der Waals surface area contributed by atoms with Crippen molar-refractivity contribution in [2.75, 3.05) is 13.7 Å². The molecular weight excluding hydrogens is 300 g/mol. The van der Waals surface area contributed by atoms with Gasteiger partial charge in [0.05, 0.1) is 7.11 Å². The zero-order valence-corrected chi connectivity index (χ0v) is 14.5. The molecule has 130 valence electrons. The van der Waals surface area contributed by atoms with Crippen LogP contribution < -0.4 is 10.1 Å². The molecule has 4 nitrogen and oxygen atoms in total. The normalized spacial score (nSPS) is 32.4. The molecule has 24 heavy (non-hydrogen) atoms. The molecule has 2 saturated heterocycles. The van der Waals surface area contributed by atoms with Crippen LogP contribution >= 0.6 is 0 Å². The highest BCUT2D eigenvalue weighted by Crippen LogP contribution is 2.43. The van der Waals surface area contributed by atoms with E-state index >= 15 is 0 Å². The maximum absolute atomic E-state index is 12.3. The van der Waals surface area contributed by atoms with Crippen LogP contribution in [0.25, 0.3) is 0 Å². The number of carbonyl (C=O) groups is 1. The minimum atomic E-state index is 0.412. The number of hydrogen-bond donors (Lipinski definition) is 1. The number of methoxy groups -OCH3 is 1. The zero-order valence-electron chi connectivity index (χ0n) is 14.5. The van der Waals surface area contributed by atoms with Crippen molar-refractivity contribution in [1.82, 2.24) is 10.2 Å². The monoisotopic (exact) mass is 328 g/mol. The van der Waals surface area contributed by atoms with Crippen molar-refractivity contribution in [1.29, 1.82) is 0 Å². The van der Waals surface area contributed by atoms with Crippen LogP contribution in [0.1, 0.15) is 44.1 Å². The van der Waals surface area contributed by atoms with Gasteiger partial charge in [-0.2, -0.15) is 0 Å². The molecule has 2 heterocycles. The lowest BCUT2D eigenvalue weighted by molar-refractivity contribution is -0.132. The minimum Gasteiger partial charge on any atom is -0.497 e. The fraction of sp³-hybridized carbons (Fsp3) is 0.650. The standard InChI is InChI=1S/C20H28N2O2/c1-24-18-7-5-14(6-8-18)13-21-17-11-15-3-2-4-19(23)22-10-9-16(12-17)20(15)22/h5-8,15-17,20-21H,2-4,9-13H2,1H3/t15-,16+,17?,20-/m1/s1. The number of carbonyl (C=O) groups excluding carboxylic acids is 1. The maximum Gasteiger partial charge on any atom is 0.222 e. The Hall–Kier alpha value is -1.55. The van der Waals surface area contributed by atoms with Gasteiger partial charge in [0, 0.05) is 31.6 Å². The van der Waals surface area contributed by atoms with E-state index in [1.54, 1.807) is 7.11 Å². The van der Waals surface area contributed by atoms with E-state index in [2.05, 4.69) is 22.3 Å². The highest BCUT2D eigenvalue weighted by Gasteiger charge is 2.46. The van der Waals surface area contributed by atoms with Crippen LogP contribution in [0.15, 0.2) is 24.3 Å². The molecule has 0 radical (unpaired) electrons. The molecule has 4 heteroatoms. The van der Waals surface area contributed by atoms with Gasteiger partial charge in [-0.25, -0.2) is 0 Å². The maximum atomic E-state index is 12.3. The molecule has 3 aliphatic rings. The molecule has 1 N–H and O–H groups in total. The molecule has 4 atom stereocenters. The summed E-state index contributed by atoms with van der Waals surface area (Å²) in [6, 6.07) is 9.46. The first-order valence-corrected chi connectivity index (χ1v) is 9.40. The number of nitrogens with one attached hydrogen (secondary N) is 1. The third kappa shape index (κ3) is 3.04. The topological polar surface area (TPSA) is 41.6 Å².